The zero-order chi connectivity index (χ0) is 16.7. The van der Waals surface area contributed by atoms with E-state index < -0.39 is 0 Å². The Morgan fingerprint density at radius 1 is 1.00 bits per heavy atom. The quantitative estimate of drug-likeness (QED) is 0.828. The van der Waals surface area contributed by atoms with Crippen molar-refractivity contribution in [2.24, 2.45) is 0 Å². The molecule has 6 heteroatoms. The molecular weight excluding hydrogens is 332 g/mol. The van der Waals surface area contributed by atoms with Crippen molar-refractivity contribution in [1.29, 1.82) is 0 Å². The molecule has 2 aromatic carbocycles. The van der Waals surface area contributed by atoms with Crippen LogP contribution in [-0.2, 0) is 9.59 Å². The summed E-state index contributed by atoms with van der Waals surface area (Å²) >= 11 is 7.08. The second-order valence-electron chi connectivity index (χ2n) is 4.86. The number of amides is 2. The van der Waals surface area contributed by atoms with Gasteiger partial charge in [-0.2, -0.15) is 0 Å². The Balaban J connectivity index is 1.76. The number of halogens is 1. The number of thioether (sulfide) groups is 1. The van der Waals surface area contributed by atoms with Gasteiger partial charge < -0.3 is 10.6 Å². The molecule has 4 nitrogen and oxygen atoms in total. The largest absolute Gasteiger partial charge is 0.325 e. The van der Waals surface area contributed by atoms with Crippen molar-refractivity contribution >= 4 is 46.6 Å². The van der Waals surface area contributed by atoms with Crippen LogP contribution in [0, 0.1) is 0 Å². The van der Waals surface area contributed by atoms with E-state index in [0.717, 1.165) is 5.69 Å². The van der Waals surface area contributed by atoms with Crippen LogP contribution < -0.4 is 10.6 Å². The Morgan fingerprint density at radius 3 is 2.26 bits per heavy atom. The molecule has 120 valence electrons. The SMILES string of the molecule is C[C@H](SCC(=O)Nc1ccc(Cl)cc1)C(=O)Nc1ccccc1. The molecule has 0 aromatic heterocycles. The van der Waals surface area contributed by atoms with E-state index in [2.05, 4.69) is 10.6 Å². The second-order valence-corrected chi connectivity index (χ2v) is 6.63. The van der Waals surface area contributed by atoms with Gasteiger partial charge in [0, 0.05) is 16.4 Å². The summed E-state index contributed by atoms with van der Waals surface area (Å²) in [6.07, 6.45) is 0. The molecule has 0 saturated carbocycles. The predicted octanol–water partition coefficient (Wildman–Crippen LogP) is 4.04. The summed E-state index contributed by atoms with van der Waals surface area (Å²) in [5, 5.41) is 5.87. The normalized spacial score (nSPS) is 11.6. The molecule has 2 N–H and O–H groups in total. The molecule has 0 fully saturated rings. The molecule has 2 amide bonds. The number of benzene rings is 2. The van der Waals surface area contributed by atoms with Crippen molar-refractivity contribution in [2.45, 2.75) is 12.2 Å². The lowest BCUT2D eigenvalue weighted by atomic mass is 10.3. The fourth-order valence-corrected chi connectivity index (χ4v) is 2.58. The highest BCUT2D eigenvalue weighted by Gasteiger charge is 2.15. The van der Waals surface area contributed by atoms with E-state index in [9.17, 15) is 9.59 Å². The van der Waals surface area contributed by atoms with Gasteiger partial charge in [-0.3, -0.25) is 9.59 Å². The average Bonchev–Trinajstić information content (AvgIpc) is 2.55. The van der Waals surface area contributed by atoms with Crippen molar-refractivity contribution < 1.29 is 9.59 Å². The van der Waals surface area contributed by atoms with Crippen LogP contribution >= 0.6 is 23.4 Å². The van der Waals surface area contributed by atoms with Gasteiger partial charge in [-0.15, -0.1) is 11.8 Å². The van der Waals surface area contributed by atoms with Gasteiger partial charge >= 0.3 is 0 Å². The van der Waals surface area contributed by atoms with Gasteiger partial charge in [-0.05, 0) is 43.3 Å². The summed E-state index contributed by atoms with van der Waals surface area (Å²) in [5.41, 5.74) is 1.43. The van der Waals surface area contributed by atoms with E-state index in [-0.39, 0.29) is 22.8 Å². The molecule has 0 saturated heterocycles. The smallest absolute Gasteiger partial charge is 0.237 e. The van der Waals surface area contributed by atoms with Crippen molar-refractivity contribution in [3.05, 3.63) is 59.6 Å². The van der Waals surface area contributed by atoms with E-state index in [4.69, 9.17) is 11.6 Å². The third-order valence-electron chi connectivity index (χ3n) is 3.00. The molecule has 0 heterocycles. The fraction of sp³-hybridized carbons (Fsp3) is 0.176. The maximum Gasteiger partial charge on any atom is 0.237 e. The standard InChI is InChI=1S/C17H17ClN2O2S/c1-12(17(22)20-14-5-3-2-4-6-14)23-11-16(21)19-15-9-7-13(18)8-10-15/h2-10,12H,11H2,1H3,(H,19,21)(H,20,22)/t12-/m0/s1. The average molecular weight is 349 g/mol. The second kappa shape index (κ2) is 8.60. The molecule has 0 aliphatic carbocycles. The van der Waals surface area contributed by atoms with Gasteiger partial charge in [0.1, 0.15) is 0 Å². The van der Waals surface area contributed by atoms with Gasteiger partial charge in [-0.1, -0.05) is 29.8 Å². The van der Waals surface area contributed by atoms with Crippen molar-refractivity contribution in [1.82, 2.24) is 0 Å². The molecule has 0 bridgehead atoms. The number of rotatable bonds is 6. The van der Waals surface area contributed by atoms with Crippen molar-refractivity contribution in [2.75, 3.05) is 16.4 Å². The van der Waals surface area contributed by atoms with Crippen LogP contribution in [0.2, 0.25) is 5.02 Å². The first kappa shape index (κ1) is 17.4. The van der Waals surface area contributed by atoms with Gasteiger partial charge in [0.2, 0.25) is 11.8 Å². The van der Waals surface area contributed by atoms with Gasteiger partial charge in [0.05, 0.1) is 11.0 Å². The molecule has 0 unspecified atom stereocenters. The van der Waals surface area contributed by atoms with Crippen LogP contribution in [0.15, 0.2) is 54.6 Å². The lowest BCUT2D eigenvalue weighted by Gasteiger charge is -2.12. The van der Waals surface area contributed by atoms with Gasteiger partial charge in [0.15, 0.2) is 0 Å². The molecule has 2 aromatic rings. The number of carbonyl (C=O) groups excluding carboxylic acids is 2. The minimum Gasteiger partial charge on any atom is -0.325 e. The molecule has 0 spiro atoms. The van der Waals surface area contributed by atoms with Gasteiger partial charge in [-0.25, -0.2) is 0 Å². The lowest BCUT2D eigenvalue weighted by Crippen LogP contribution is -2.25. The highest BCUT2D eigenvalue weighted by Crippen LogP contribution is 2.16. The lowest BCUT2D eigenvalue weighted by molar-refractivity contribution is -0.115. The highest BCUT2D eigenvalue weighted by atomic mass is 35.5. The van der Waals surface area contributed by atoms with Gasteiger partial charge in [0.25, 0.3) is 0 Å². The number of carbonyl (C=O) groups is 2. The minimum absolute atomic E-state index is 0.125. The predicted molar refractivity (Wildman–Crippen MR) is 97.1 cm³/mol. The first-order chi connectivity index (χ1) is 11.0. The number of para-hydroxylation sites is 1. The van der Waals surface area contributed by atoms with Crippen LogP contribution in [0.25, 0.3) is 0 Å². The molecule has 23 heavy (non-hydrogen) atoms. The van der Waals surface area contributed by atoms with E-state index in [1.54, 1.807) is 31.2 Å². The van der Waals surface area contributed by atoms with Crippen molar-refractivity contribution in [3.8, 4) is 0 Å². The fourth-order valence-electron chi connectivity index (χ4n) is 1.77. The summed E-state index contributed by atoms with van der Waals surface area (Å²) in [6.45, 7) is 1.78. The number of nitrogens with one attached hydrogen (secondary N) is 2. The van der Waals surface area contributed by atoms with Crippen molar-refractivity contribution in [3.63, 3.8) is 0 Å². The Bertz CT molecular complexity index is 662. The highest BCUT2D eigenvalue weighted by molar-refractivity contribution is 8.01. The third kappa shape index (κ3) is 5.96. The molecule has 2 rings (SSSR count). The maximum atomic E-state index is 12.0. The number of hydrogen-bond donors (Lipinski definition) is 2. The topological polar surface area (TPSA) is 58.2 Å². The first-order valence-corrected chi connectivity index (χ1v) is 8.50. The Kier molecular flexibility index (Phi) is 6.50. The summed E-state index contributed by atoms with van der Waals surface area (Å²) in [6, 6.07) is 16.1. The van der Waals surface area contributed by atoms with E-state index in [1.807, 2.05) is 30.3 Å². The Morgan fingerprint density at radius 2 is 1.61 bits per heavy atom. The zero-order valence-corrected chi connectivity index (χ0v) is 14.2. The summed E-state index contributed by atoms with van der Waals surface area (Å²) in [4.78, 5) is 23.9. The van der Waals surface area contributed by atoms with Crippen LogP contribution in [0.1, 0.15) is 6.92 Å². The van der Waals surface area contributed by atoms with E-state index in [1.165, 1.54) is 11.8 Å². The monoisotopic (exact) mass is 348 g/mol. The maximum absolute atomic E-state index is 12.0. The molecular formula is C17H17ClN2O2S. The molecule has 1 atom stereocenters. The zero-order valence-electron chi connectivity index (χ0n) is 12.6. The van der Waals surface area contributed by atoms with Crippen LogP contribution in [-0.4, -0.2) is 22.8 Å². The Labute approximate surface area is 144 Å². The van der Waals surface area contributed by atoms with E-state index >= 15 is 0 Å². The first-order valence-electron chi connectivity index (χ1n) is 7.07. The minimum atomic E-state index is -0.328. The summed E-state index contributed by atoms with van der Waals surface area (Å²) in [5.74, 6) is -0.0800. The number of anilines is 2. The van der Waals surface area contributed by atoms with Crippen LogP contribution in [0.4, 0.5) is 11.4 Å². The molecule has 0 aliphatic rings. The number of hydrogen-bond acceptors (Lipinski definition) is 3. The van der Waals surface area contributed by atoms with Crippen LogP contribution in [0.3, 0.4) is 0 Å². The summed E-state index contributed by atoms with van der Waals surface area (Å²) < 4.78 is 0. The molecule has 0 radical (unpaired) electrons. The third-order valence-corrected chi connectivity index (χ3v) is 4.40. The van der Waals surface area contributed by atoms with Crippen LogP contribution in [0.5, 0.6) is 0 Å². The molecule has 0 aliphatic heterocycles. The Hall–Kier alpha value is -1.98. The van der Waals surface area contributed by atoms with E-state index in [0.29, 0.717) is 10.7 Å². The summed E-state index contributed by atoms with van der Waals surface area (Å²) in [7, 11) is 0.